The number of rotatable bonds is 6. The van der Waals surface area contributed by atoms with Gasteiger partial charge < -0.3 is 11.1 Å². The van der Waals surface area contributed by atoms with Crippen molar-refractivity contribution in [2.45, 2.75) is 12.5 Å². The average Bonchev–Trinajstić information content (AvgIpc) is 2.28. The lowest BCUT2D eigenvalue weighted by atomic mass is 10.1. The molecule has 0 aliphatic heterocycles. The van der Waals surface area contributed by atoms with Gasteiger partial charge >= 0.3 is 0 Å². The minimum absolute atomic E-state index is 0.155. The standard InChI is InChI=1S/C12H16BrFN2/c1-2-3-6-16-12(8-15)10-7-9(13)4-5-11(10)14/h2,4-5,7,12,16H,1,3,6,8,15H2. The third-order valence-electron chi connectivity index (χ3n) is 2.31. The maximum Gasteiger partial charge on any atom is 0.128 e. The molecule has 0 spiro atoms. The van der Waals surface area contributed by atoms with Crippen molar-refractivity contribution in [2.75, 3.05) is 13.1 Å². The number of nitrogens with one attached hydrogen (secondary N) is 1. The Morgan fingerprint density at radius 3 is 2.94 bits per heavy atom. The fourth-order valence-corrected chi connectivity index (χ4v) is 1.84. The molecule has 0 aromatic heterocycles. The van der Waals surface area contributed by atoms with Crippen LogP contribution in [-0.4, -0.2) is 13.1 Å². The highest BCUT2D eigenvalue weighted by molar-refractivity contribution is 9.10. The van der Waals surface area contributed by atoms with Gasteiger partial charge in [-0.05, 0) is 31.2 Å². The molecule has 1 unspecified atom stereocenters. The molecule has 1 rings (SSSR count). The zero-order chi connectivity index (χ0) is 12.0. The van der Waals surface area contributed by atoms with Gasteiger partial charge in [-0.25, -0.2) is 4.39 Å². The second-order valence-electron chi connectivity index (χ2n) is 3.49. The summed E-state index contributed by atoms with van der Waals surface area (Å²) in [7, 11) is 0. The van der Waals surface area contributed by atoms with Gasteiger partial charge in [-0.2, -0.15) is 0 Å². The first kappa shape index (κ1) is 13.4. The fourth-order valence-electron chi connectivity index (χ4n) is 1.46. The van der Waals surface area contributed by atoms with E-state index in [1.54, 1.807) is 12.1 Å². The van der Waals surface area contributed by atoms with Crippen molar-refractivity contribution in [3.8, 4) is 0 Å². The Labute approximate surface area is 104 Å². The molecule has 1 aromatic rings. The summed E-state index contributed by atoms with van der Waals surface area (Å²) >= 11 is 3.32. The molecule has 0 amide bonds. The summed E-state index contributed by atoms with van der Waals surface area (Å²) in [5.74, 6) is -0.232. The second-order valence-corrected chi connectivity index (χ2v) is 4.40. The van der Waals surface area contributed by atoms with Crippen LogP contribution in [0.3, 0.4) is 0 Å². The largest absolute Gasteiger partial charge is 0.329 e. The van der Waals surface area contributed by atoms with Crippen LogP contribution in [0.15, 0.2) is 35.3 Å². The van der Waals surface area contributed by atoms with Crippen LogP contribution >= 0.6 is 15.9 Å². The molecule has 0 heterocycles. The van der Waals surface area contributed by atoms with E-state index >= 15 is 0 Å². The van der Waals surface area contributed by atoms with Crippen LogP contribution in [0, 0.1) is 5.82 Å². The third-order valence-corrected chi connectivity index (χ3v) is 2.80. The Hall–Kier alpha value is -0.710. The van der Waals surface area contributed by atoms with Crippen LogP contribution in [0.25, 0.3) is 0 Å². The van der Waals surface area contributed by atoms with Gasteiger partial charge in [-0.15, -0.1) is 6.58 Å². The second kappa shape index (κ2) is 6.78. The highest BCUT2D eigenvalue weighted by Crippen LogP contribution is 2.21. The maximum atomic E-state index is 13.6. The topological polar surface area (TPSA) is 38.0 Å². The quantitative estimate of drug-likeness (QED) is 0.623. The highest BCUT2D eigenvalue weighted by Gasteiger charge is 2.13. The van der Waals surface area contributed by atoms with E-state index in [1.165, 1.54) is 6.07 Å². The summed E-state index contributed by atoms with van der Waals surface area (Å²) in [5, 5.41) is 3.20. The van der Waals surface area contributed by atoms with Crippen molar-refractivity contribution < 1.29 is 4.39 Å². The van der Waals surface area contributed by atoms with Gasteiger partial charge in [-0.3, -0.25) is 0 Å². The van der Waals surface area contributed by atoms with Gasteiger partial charge in [0.15, 0.2) is 0 Å². The van der Waals surface area contributed by atoms with Crippen molar-refractivity contribution in [1.29, 1.82) is 0 Å². The van der Waals surface area contributed by atoms with E-state index in [9.17, 15) is 4.39 Å². The van der Waals surface area contributed by atoms with E-state index in [0.29, 0.717) is 12.1 Å². The summed E-state index contributed by atoms with van der Waals surface area (Å²) in [5.41, 5.74) is 6.23. The molecule has 0 saturated carbocycles. The lowest BCUT2D eigenvalue weighted by Gasteiger charge is -2.17. The molecule has 88 valence electrons. The number of hydrogen-bond donors (Lipinski definition) is 2. The number of halogens is 2. The molecule has 1 atom stereocenters. The summed E-state index contributed by atoms with van der Waals surface area (Å²) in [6.45, 7) is 4.75. The average molecular weight is 287 g/mol. The van der Waals surface area contributed by atoms with Crippen molar-refractivity contribution in [3.63, 3.8) is 0 Å². The van der Waals surface area contributed by atoms with E-state index in [2.05, 4.69) is 27.8 Å². The molecular weight excluding hydrogens is 271 g/mol. The lowest BCUT2D eigenvalue weighted by Crippen LogP contribution is -2.29. The first-order valence-electron chi connectivity index (χ1n) is 5.18. The normalized spacial score (nSPS) is 12.4. The molecule has 0 radical (unpaired) electrons. The van der Waals surface area contributed by atoms with Gasteiger partial charge in [0, 0.05) is 22.6 Å². The molecule has 0 bridgehead atoms. The SMILES string of the molecule is C=CCCNC(CN)c1cc(Br)ccc1F. The van der Waals surface area contributed by atoms with Crippen molar-refractivity contribution in [3.05, 3.63) is 46.7 Å². The summed E-state index contributed by atoms with van der Waals surface area (Å²) in [4.78, 5) is 0. The van der Waals surface area contributed by atoms with E-state index in [4.69, 9.17) is 5.73 Å². The molecule has 0 aliphatic carbocycles. The number of nitrogens with two attached hydrogens (primary N) is 1. The van der Waals surface area contributed by atoms with Gasteiger partial charge in [-0.1, -0.05) is 22.0 Å². The molecule has 4 heteroatoms. The van der Waals surface area contributed by atoms with Crippen LogP contribution in [-0.2, 0) is 0 Å². The van der Waals surface area contributed by atoms with Crippen LogP contribution in [0.4, 0.5) is 4.39 Å². The van der Waals surface area contributed by atoms with E-state index in [1.807, 2.05) is 6.08 Å². The van der Waals surface area contributed by atoms with Gasteiger partial charge in [0.25, 0.3) is 0 Å². The molecule has 0 saturated heterocycles. The smallest absolute Gasteiger partial charge is 0.128 e. The Morgan fingerprint density at radius 1 is 1.56 bits per heavy atom. The Bertz CT molecular complexity index is 355. The summed E-state index contributed by atoms with van der Waals surface area (Å²) < 4.78 is 14.4. The molecule has 1 aromatic carbocycles. The minimum Gasteiger partial charge on any atom is -0.329 e. The van der Waals surface area contributed by atoms with Crippen LogP contribution in [0.1, 0.15) is 18.0 Å². The Kier molecular flexibility index (Phi) is 5.66. The van der Waals surface area contributed by atoms with Crippen LogP contribution < -0.4 is 11.1 Å². The predicted octanol–water partition coefficient (Wildman–Crippen LogP) is 2.75. The zero-order valence-corrected chi connectivity index (χ0v) is 10.6. The van der Waals surface area contributed by atoms with Crippen LogP contribution in [0.2, 0.25) is 0 Å². The van der Waals surface area contributed by atoms with Gasteiger partial charge in [0.05, 0.1) is 0 Å². The number of hydrogen-bond acceptors (Lipinski definition) is 2. The summed E-state index contributed by atoms with van der Waals surface area (Å²) in [6, 6.07) is 4.72. The third kappa shape index (κ3) is 3.70. The van der Waals surface area contributed by atoms with Crippen LogP contribution in [0.5, 0.6) is 0 Å². The zero-order valence-electron chi connectivity index (χ0n) is 9.05. The van der Waals surface area contributed by atoms with Crippen molar-refractivity contribution in [1.82, 2.24) is 5.32 Å². The monoisotopic (exact) mass is 286 g/mol. The van der Waals surface area contributed by atoms with Crippen molar-refractivity contribution >= 4 is 15.9 Å². The Balaban J connectivity index is 2.77. The molecule has 2 nitrogen and oxygen atoms in total. The maximum absolute atomic E-state index is 13.6. The fraction of sp³-hybridized carbons (Fsp3) is 0.333. The molecular formula is C12H16BrFN2. The highest BCUT2D eigenvalue weighted by atomic mass is 79.9. The van der Waals surface area contributed by atoms with E-state index in [-0.39, 0.29) is 11.9 Å². The van der Waals surface area contributed by atoms with Gasteiger partial charge in [0.2, 0.25) is 0 Å². The lowest BCUT2D eigenvalue weighted by molar-refractivity contribution is 0.510. The Morgan fingerprint density at radius 2 is 2.31 bits per heavy atom. The number of benzene rings is 1. The first-order valence-corrected chi connectivity index (χ1v) is 5.97. The van der Waals surface area contributed by atoms with Gasteiger partial charge in [0.1, 0.15) is 5.82 Å². The molecule has 0 aliphatic rings. The molecule has 3 N–H and O–H groups in total. The summed E-state index contributed by atoms with van der Waals surface area (Å²) in [6.07, 6.45) is 2.66. The predicted molar refractivity (Wildman–Crippen MR) is 68.7 cm³/mol. The van der Waals surface area contributed by atoms with E-state index in [0.717, 1.165) is 17.4 Å². The first-order chi connectivity index (χ1) is 7.69. The molecule has 0 fully saturated rings. The van der Waals surface area contributed by atoms with E-state index < -0.39 is 0 Å². The molecule has 16 heavy (non-hydrogen) atoms. The van der Waals surface area contributed by atoms with Crippen molar-refractivity contribution in [2.24, 2.45) is 5.73 Å². The minimum atomic E-state index is -0.232.